The molecule has 0 saturated carbocycles. The Bertz CT molecular complexity index is 998. The minimum Gasteiger partial charge on any atom is -0.489 e. The molecule has 1 atom stereocenters. The lowest BCUT2D eigenvalue weighted by Crippen LogP contribution is -2.51. The van der Waals surface area contributed by atoms with E-state index in [0.717, 1.165) is 29.6 Å². The molecule has 1 aliphatic rings. The number of carbonyl (C=O) groups excluding carboxylic acids is 1. The van der Waals surface area contributed by atoms with Gasteiger partial charge in [-0.05, 0) is 23.8 Å². The number of hydrogen-bond donors (Lipinski definition) is 2. The third-order valence-corrected chi connectivity index (χ3v) is 5.79. The number of H-pyrrole nitrogens is 1. The molecular weight excluding hydrogens is 402 g/mol. The van der Waals surface area contributed by atoms with Crippen LogP contribution in [0.5, 0.6) is 5.75 Å². The van der Waals surface area contributed by atoms with Crippen molar-refractivity contribution in [2.45, 2.75) is 12.5 Å². The number of amides is 1. The van der Waals surface area contributed by atoms with Gasteiger partial charge in [0.2, 0.25) is 5.91 Å². The molecule has 2 heterocycles. The van der Waals surface area contributed by atoms with Gasteiger partial charge >= 0.3 is 0 Å². The molecule has 2 N–H and O–H groups in total. The summed E-state index contributed by atoms with van der Waals surface area (Å²) in [6.45, 7) is 3.50. The number of benzene rings is 2. The molecule has 0 bridgehead atoms. The summed E-state index contributed by atoms with van der Waals surface area (Å²) < 4.78 is 5.62. The Labute approximate surface area is 181 Å². The van der Waals surface area contributed by atoms with Gasteiger partial charge in [0.25, 0.3) is 0 Å². The largest absolute Gasteiger partial charge is 0.489 e. The zero-order valence-corrected chi connectivity index (χ0v) is 17.5. The molecule has 0 radical (unpaired) electrons. The molecule has 2 aromatic carbocycles. The zero-order chi connectivity index (χ0) is 20.9. The molecule has 1 aromatic heterocycles. The monoisotopic (exact) mass is 427 g/mol. The third-order valence-electron chi connectivity index (χ3n) is 5.48. The van der Waals surface area contributed by atoms with Crippen LogP contribution in [0.1, 0.15) is 5.56 Å². The smallest absolute Gasteiger partial charge is 0.227 e. The van der Waals surface area contributed by atoms with Gasteiger partial charge in [-0.25, -0.2) is 0 Å². The Balaban J connectivity index is 1.22. The van der Waals surface area contributed by atoms with Crippen LogP contribution in [0.2, 0.25) is 5.02 Å². The number of aliphatic hydroxyl groups is 1. The van der Waals surface area contributed by atoms with Crippen molar-refractivity contribution < 1.29 is 14.6 Å². The molecule has 6 nitrogen and oxygen atoms in total. The van der Waals surface area contributed by atoms with Crippen LogP contribution < -0.4 is 4.74 Å². The second kappa shape index (κ2) is 9.51. The lowest BCUT2D eigenvalue weighted by Gasteiger charge is -2.35. The minimum atomic E-state index is -0.616. The molecule has 7 heteroatoms. The third kappa shape index (κ3) is 4.95. The van der Waals surface area contributed by atoms with Crippen molar-refractivity contribution in [3.63, 3.8) is 0 Å². The minimum absolute atomic E-state index is 0.141. The molecule has 0 spiro atoms. The number of nitrogens with one attached hydrogen (secondary N) is 1. The fourth-order valence-corrected chi connectivity index (χ4v) is 4.02. The molecule has 1 unspecified atom stereocenters. The Kier molecular flexibility index (Phi) is 6.57. The van der Waals surface area contributed by atoms with E-state index in [1.807, 2.05) is 47.5 Å². The molecule has 1 saturated heterocycles. The van der Waals surface area contributed by atoms with Crippen LogP contribution in [0.15, 0.2) is 54.7 Å². The van der Waals surface area contributed by atoms with Crippen molar-refractivity contribution >= 4 is 28.4 Å². The number of hydrogen-bond acceptors (Lipinski definition) is 4. The summed E-state index contributed by atoms with van der Waals surface area (Å²) in [5, 5.41) is 11.9. The Morgan fingerprint density at radius 3 is 2.63 bits per heavy atom. The molecule has 0 aliphatic carbocycles. The molecule has 4 rings (SSSR count). The van der Waals surface area contributed by atoms with Crippen molar-refractivity contribution in [2.75, 3.05) is 39.3 Å². The van der Waals surface area contributed by atoms with Gasteiger partial charge in [-0.2, -0.15) is 0 Å². The predicted octanol–water partition coefficient (Wildman–Crippen LogP) is 2.95. The lowest BCUT2D eigenvalue weighted by atomic mass is 10.1. The van der Waals surface area contributed by atoms with E-state index in [-0.39, 0.29) is 12.5 Å². The molecule has 30 heavy (non-hydrogen) atoms. The van der Waals surface area contributed by atoms with Crippen LogP contribution in [0.4, 0.5) is 0 Å². The molecule has 1 fully saturated rings. The number of β-amino-alcohol motifs (C(OH)–C–C–N with tert-alkyl or cyclic N) is 1. The number of para-hydroxylation sites is 2. The first-order valence-corrected chi connectivity index (χ1v) is 10.6. The number of carbonyl (C=O) groups is 1. The summed E-state index contributed by atoms with van der Waals surface area (Å²) in [5.41, 5.74) is 2.09. The maximum atomic E-state index is 12.7. The van der Waals surface area contributed by atoms with Crippen LogP contribution >= 0.6 is 11.6 Å². The first kappa shape index (κ1) is 20.7. The normalized spacial score (nSPS) is 16.0. The van der Waals surface area contributed by atoms with Crippen LogP contribution in [0.25, 0.3) is 10.9 Å². The number of halogens is 1. The maximum Gasteiger partial charge on any atom is 0.227 e. The second-order valence-electron chi connectivity index (χ2n) is 7.61. The van der Waals surface area contributed by atoms with Gasteiger partial charge in [-0.15, -0.1) is 0 Å². The van der Waals surface area contributed by atoms with E-state index >= 15 is 0 Å². The molecule has 158 valence electrons. The molecule has 1 aliphatic heterocycles. The van der Waals surface area contributed by atoms with Gasteiger partial charge in [0, 0.05) is 49.8 Å². The Hall–Kier alpha value is -2.54. The average Bonchev–Trinajstić information content (AvgIpc) is 3.16. The Morgan fingerprint density at radius 2 is 1.83 bits per heavy atom. The summed E-state index contributed by atoms with van der Waals surface area (Å²) >= 11 is 6.07. The number of fused-ring (bicyclic) bond motifs is 1. The highest BCUT2D eigenvalue weighted by atomic mass is 35.5. The number of ether oxygens (including phenoxy) is 1. The highest BCUT2D eigenvalue weighted by molar-refractivity contribution is 6.32. The van der Waals surface area contributed by atoms with Gasteiger partial charge in [0.15, 0.2) is 0 Å². The van der Waals surface area contributed by atoms with Gasteiger partial charge < -0.3 is 19.7 Å². The standard InChI is InChI=1S/C23H26ClN3O3/c24-20-6-2-4-8-22(20)30-16-18(28)15-26-9-11-27(12-10-26)23(29)13-17-14-25-21-7-3-1-5-19(17)21/h1-8,14,18,25,28H,9-13,15-16H2. The SMILES string of the molecule is O=C(Cc1c[nH]c2ccccc12)N1CCN(CC(O)COc2ccccc2Cl)CC1. The van der Waals surface area contributed by atoms with Crippen molar-refractivity contribution in [1.82, 2.24) is 14.8 Å². The Morgan fingerprint density at radius 1 is 1.10 bits per heavy atom. The summed E-state index contributed by atoms with van der Waals surface area (Å²) in [6, 6.07) is 15.3. The highest BCUT2D eigenvalue weighted by Crippen LogP contribution is 2.23. The van der Waals surface area contributed by atoms with Gasteiger partial charge in [0.05, 0.1) is 11.4 Å². The van der Waals surface area contributed by atoms with E-state index in [1.165, 1.54) is 0 Å². The van der Waals surface area contributed by atoms with Gasteiger partial charge in [-0.1, -0.05) is 41.9 Å². The van der Waals surface area contributed by atoms with Crippen LogP contribution in [0, 0.1) is 0 Å². The van der Waals surface area contributed by atoms with Crippen LogP contribution in [-0.2, 0) is 11.2 Å². The van der Waals surface area contributed by atoms with Crippen molar-refractivity contribution in [3.8, 4) is 5.75 Å². The number of piperazine rings is 1. The number of aromatic amines is 1. The van der Waals surface area contributed by atoms with Crippen LogP contribution in [-0.4, -0.2) is 71.2 Å². The maximum absolute atomic E-state index is 12.7. The zero-order valence-electron chi connectivity index (χ0n) is 16.8. The predicted molar refractivity (Wildman–Crippen MR) is 118 cm³/mol. The first-order chi connectivity index (χ1) is 14.6. The quantitative estimate of drug-likeness (QED) is 0.608. The molecular formula is C23H26ClN3O3. The fraction of sp³-hybridized carbons (Fsp3) is 0.348. The number of rotatable bonds is 7. The topological polar surface area (TPSA) is 68.8 Å². The van der Waals surface area contributed by atoms with Crippen molar-refractivity contribution in [3.05, 3.63) is 65.3 Å². The van der Waals surface area contributed by atoms with Crippen molar-refractivity contribution in [1.29, 1.82) is 0 Å². The lowest BCUT2D eigenvalue weighted by molar-refractivity contribution is -0.132. The fourth-order valence-electron chi connectivity index (χ4n) is 3.83. The molecule has 1 amide bonds. The van der Waals surface area contributed by atoms with E-state index in [4.69, 9.17) is 16.3 Å². The van der Waals surface area contributed by atoms with Gasteiger partial charge in [0.1, 0.15) is 18.5 Å². The summed E-state index contributed by atoms with van der Waals surface area (Å²) in [4.78, 5) is 20.0. The first-order valence-electron chi connectivity index (χ1n) is 10.2. The van der Waals surface area contributed by atoms with Gasteiger partial charge in [-0.3, -0.25) is 9.69 Å². The van der Waals surface area contributed by atoms with Crippen LogP contribution in [0.3, 0.4) is 0 Å². The summed E-state index contributed by atoms with van der Waals surface area (Å²) in [6.07, 6.45) is 1.71. The summed E-state index contributed by atoms with van der Waals surface area (Å²) in [7, 11) is 0. The van der Waals surface area contributed by atoms with Crippen molar-refractivity contribution in [2.24, 2.45) is 0 Å². The van der Waals surface area contributed by atoms with E-state index in [9.17, 15) is 9.90 Å². The molecule has 3 aromatic rings. The average molecular weight is 428 g/mol. The van der Waals surface area contributed by atoms with E-state index < -0.39 is 6.10 Å². The second-order valence-corrected chi connectivity index (χ2v) is 8.02. The number of aromatic nitrogens is 1. The van der Waals surface area contributed by atoms with E-state index in [0.29, 0.717) is 36.8 Å². The van der Waals surface area contributed by atoms with E-state index in [2.05, 4.69) is 9.88 Å². The van der Waals surface area contributed by atoms with E-state index in [1.54, 1.807) is 12.1 Å². The summed E-state index contributed by atoms with van der Waals surface area (Å²) in [5.74, 6) is 0.716. The number of aliphatic hydroxyl groups excluding tert-OH is 1. The highest BCUT2D eigenvalue weighted by Gasteiger charge is 2.23. The number of nitrogens with zero attached hydrogens (tertiary/aromatic N) is 2.